The summed E-state index contributed by atoms with van der Waals surface area (Å²) in [5.41, 5.74) is 2.11. The number of aromatic amines is 1. The van der Waals surface area contributed by atoms with Crippen molar-refractivity contribution in [2.75, 3.05) is 0 Å². The van der Waals surface area contributed by atoms with Crippen LogP contribution >= 0.6 is 0 Å². The maximum Gasteiger partial charge on any atom is 0.339 e. The lowest BCUT2D eigenvalue weighted by molar-refractivity contribution is 0.0346. The molecule has 2 aromatic heterocycles. The average molecular weight is 405 g/mol. The minimum Gasteiger partial charge on any atom is -0.478 e. The first-order valence-electron chi connectivity index (χ1n) is 8.86. The summed E-state index contributed by atoms with van der Waals surface area (Å²) in [5.74, 6) is -1.56. The number of carbonyl (C=O) groups is 2. The Morgan fingerprint density at radius 3 is 2.53 bits per heavy atom. The highest BCUT2D eigenvalue weighted by molar-refractivity contribution is 5.94. The number of nitrogens with zero attached hydrogens (tertiary/aromatic N) is 4. The molecule has 2 heterocycles. The van der Waals surface area contributed by atoms with E-state index in [0.717, 1.165) is 5.56 Å². The number of tetrazole rings is 1. The first-order valence-corrected chi connectivity index (χ1v) is 8.86. The second kappa shape index (κ2) is 7.95. The molecule has 0 radical (unpaired) electrons. The number of esters is 1. The third-order valence-corrected chi connectivity index (χ3v) is 4.47. The van der Waals surface area contributed by atoms with Crippen molar-refractivity contribution in [1.29, 1.82) is 0 Å². The minimum absolute atomic E-state index is 0.118. The van der Waals surface area contributed by atoms with Gasteiger partial charge in [-0.15, -0.1) is 5.10 Å². The molecule has 0 amide bonds. The van der Waals surface area contributed by atoms with Gasteiger partial charge in [0, 0.05) is 17.5 Å². The Morgan fingerprint density at radius 1 is 1.07 bits per heavy atom. The van der Waals surface area contributed by atoms with Crippen molar-refractivity contribution >= 4 is 22.8 Å². The van der Waals surface area contributed by atoms with Gasteiger partial charge in [-0.1, -0.05) is 12.1 Å². The lowest BCUT2D eigenvalue weighted by atomic mass is 10.0. The summed E-state index contributed by atoms with van der Waals surface area (Å²) in [4.78, 5) is 38.5. The summed E-state index contributed by atoms with van der Waals surface area (Å²) in [5, 5.41) is 20.2. The van der Waals surface area contributed by atoms with Crippen molar-refractivity contribution in [2.45, 2.75) is 13.2 Å². The number of carboxylic acid groups (broad SMARTS) is 1. The van der Waals surface area contributed by atoms with Crippen molar-refractivity contribution in [3.63, 3.8) is 0 Å². The number of aromatic carboxylic acids is 1. The van der Waals surface area contributed by atoms with Crippen molar-refractivity contribution in [1.82, 2.24) is 25.2 Å². The van der Waals surface area contributed by atoms with E-state index in [1.54, 1.807) is 36.4 Å². The first kappa shape index (κ1) is 19.0. The van der Waals surface area contributed by atoms with E-state index in [1.165, 1.54) is 23.1 Å². The van der Waals surface area contributed by atoms with Gasteiger partial charge < -0.3 is 14.8 Å². The number of ether oxygens (including phenoxy) is 1. The molecule has 0 aliphatic heterocycles. The van der Waals surface area contributed by atoms with Gasteiger partial charge in [-0.25, -0.2) is 9.59 Å². The van der Waals surface area contributed by atoms with E-state index in [9.17, 15) is 14.4 Å². The fourth-order valence-corrected chi connectivity index (χ4v) is 2.94. The molecule has 0 unspecified atom stereocenters. The first-order chi connectivity index (χ1) is 14.5. The van der Waals surface area contributed by atoms with Crippen LogP contribution in [-0.2, 0) is 17.9 Å². The molecule has 2 N–H and O–H groups in total. The summed E-state index contributed by atoms with van der Waals surface area (Å²) in [6.45, 7) is -0.118. The Labute approximate surface area is 168 Å². The lowest BCUT2D eigenvalue weighted by Gasteiger charge is -2.07. The molecule has 0 bridgehead atoms. The number of hydrogen-bond acceptors (Lipinski definition) is 7. The van der Waals surface area contributed by atoms with Crippen LogP contribution in [0.15, 0.2) is 59.7 Å². The van der Waals surface area contributed by atoms with Gasteiger partial charge in [-0.05, 0) is 57.8 Å². The van der Waals surface area contributed by atoms with Crippen LogP contribution in [0.3, 0.4) is 0 Å². The predicted molar refractivity (Wildman–Crippen MR) is 104 cm³/mol. The quantitative estimate of drug-likeness (QED) is 0.461. The van der Waals surface area contributed by atoms with Gasteiger partial charge >= 0.3 is 11.9 Å². The number of pyridine rings is 1. The Bertz CT molecular complexity index is 1280. The van der Waals surface area contributed by atoms with Crippen LogP contribution in [0.5, 0.6) is 0 Å². The third-order valence-electron chi connectivity index (χ3n) is 4.47. The van der Waals surface area contributed by atoms with Crippen LogP contribution in [0.25, 0.3) is 10.9 Å². The molecule has 0 atom stereocenters. The fraction of sp³-hybridized carbons (Fsp3) is 0.100. The summed E-state index contributed by atoms with van der Waals surface area (Å²) >= 11 is 0. The molecule has 150 valence electrons. The lowest BCUT2D eigenvalue weighted by Crippen LogP contribution is -2.14. The Balaban J connectivity index is 1.57. The smallest absolute Gasteiger partial charge is 0.339 e. The van der Waals surface area contributed by atoms with Crippen molar-refractivity contribution < 1.29 is 19.4 Å². The number of rotatable bonds is 6. The second-order valence-corrected chi connectivity index (χ2v) is 6.51. The Morgan fingerprint density at radius 2 is 1.83 bits per heavy atom. The molecule has 10 nitrogen and oxygen atoms in total. The monoisotopic (exact) mass is 405 g/mol. The van der Waals surface area contributed by atoms with Crippen LogP contribution in [0.1, 0.15) is 31.8 Å². The molecule has 0 aliphatic rings. The minimum atomic E-state index is -1.01. The van der Waals surface area contributed by atoms with Gasteiger partial charge in [-0.2, -0.15) is 4.68 Å². The zero-order valence-corrected chi connectivity index (χ0v) is 15.5. The molecule has 2 aromatic carbocycles. The highest BCUT2D eigenvalue weighted by Gasteiger charge is 2.11. The van der Waals surface area contributed by atoms with Crippen LogP contribution in [0, 0.1) is 0 Å². The highest BCUT2D eigenvalue weighted by Crippen LogP contribution is 2.17. The molecular weight excluding hydrogens is 390 g/mol. The average Bonchev–Trinajstić information content (AvgIpc) is 3.26. The van der Waals surface area contributed by atoms with E-state index < -0.39 is 11.9 Å². The third kappa shape index (κ3) is 4.07. The Kier molecular flexibility index (Phi) is 5.04. The van der Waals surface area contributed by atoms with Crippen molar-refractivity contribution in [2.24, 2.45) is 0 Å². The maximum absolute atomic E-state index is 12.4. The molecule has 10 heteroatoms. The molecule has 0 fully saturated rings. The zero-order chi connectivity index (χ0) is 21.1. The molecule has 0 saturated heterocycles. The van der Waals surface area contributed by atoms with E-state index in [-0.39, 0.29) is 17.9 Å². The molecule has 30 heavy (non-hydrogen) atoms. The zero-order valence-electron chi connectivity index (χ0n) is 15.5. The maximum atomic E-state index is 12.4. The molecule has 4 rings (SSSR count). The summed E-state index contributed by atoms with van der Waals surface area (Å²) < 4.78 is 6.43. The number of nitrogens with one attached hydrogen (secondary N) is 1. The van der Waals surface area contributed by atoms with Crippen LogP contribution in [0.4, 0.5) is 0 Å². The fourth-order valence-electron chi connectivity index (χ4n) is 2.94. The van der Waals surface area contributed by atoms with Gasteiger partial charge in [-0.3, -0.25) is 4.79 Å². The van der Waals surface area contributed by atoms with Crippen LogP contribution < -0.4 is 5.56 Å². The predicted octanol–water partition coefficient (Wildman–Crippen LogP) is 1.62. The summed E-state index contributed by atoms with van der Waals surface area (Å²) in [6.07, 6.45) is 1.65. The second-order valence-electron chi connectivity index (χ2n) is 6.51. The van der Waals surface area contributed by atoms with Gasteiger partial charge in [0.2, 0.25) is 0 Å². The number of fused-ring (bicyclic) bond motifs is 1. The summed E-state index contributed by atoms with van der Waals surface area (Å²) in [6, 6.07) is 12.8. The number of H-pyrrole nitrogens is 1. The SMILES string of the molecule is O=C(O)c1ccc(Cc2cc3cc(C(=O)OCn4cnnn4)ccc3[nH]c2=O)cc1. The number of hydrogen-bond donors (Lipinski definition) is 2. The van der Waals surface area contributed by atoms with Crippen molar-refractivity contribution in [3.05, 3.63) is 87.5 Å². The topological polar surface area (TPSA) is 140 Å². The van der Waals surface area contributed by atoms with Gasteiger partial charge in [0.05, 0.1) is 11.1 Å². The van der Waals surface area contributed by atoms with E-state index in [0.29, 0.717) is 28.5 Å². The van der Waals surface area contributed by atoms with Crippen molar-refractivity contribution in [3.8, 4) is 0 Å². The molecule has 0 spiro atoms. The van der Waals surface area contributed by atoms with E-state index in [4.69, 9.17) is 9.84 Å². The summed E-state index contributed by atoms with van der Waals surface area (Å²) in [7, 11) is 0. The van der Waals surface area contributed by atoms with E-state index in [2.05, 4.69) is 20.5 Å². The van der Waals surface area contributed by atoms with Crippen LogP contribution in [0.2, 0.25) is 0 Å². The van der Waals surface area contributed by atoms with Crippen LogP contribution in [-0.4, -0.2) is 42.2 Å². The van der Waals surface area contributed by atoms with Gasteiger partial charge in [0.1, 0.15) is 6.33 Å². The molecular formula is C20H15N5O5. The largest absolute Gasteiger partial charge is 0.478 e. The van der Waals surface area contributed by atoms with Gasteiger partial charge in [0.15, 0.2) is 6.73 Å². The van der Waals surface area contributed by atoms with E-state index >= 15 is 0 Å². The highest BCUT2D eigenvalue weighted by atomic mass is 16.5. The number of carboxylic acids is 1. The van der Waals surface area contributed by atoms with E-state index in [1.807, 2.05) is 0 Å². The molecule has 4 aromatic rings. The number of benzene rings is 2. The number of aromatic nitrogens is 5. The number of carbonyl (C=O) groups excluding carboxylic acids is 1. The molecule has 0 saturated carbocycles. The van der Waals surface area contributed by atoms with Gasteiger partial charge in [0.25, 0.3) is 5.56 Å². The molecule has 0 aliphatic carbocycles. The Hall–Kier alpha value is -4.34. The standard InChI is InChI=1S/C20H15N5O5/c26-18-16(7-12-1-3-13(4-2-12)19(27)28)9-15-8-14(5-6-17(15)22-18)20(29)30-11-25-10-21-23-24-25/h1-6,8-10H,7,11H2,(H,22,26)(H,27,28). The normalized spacial score (nSPS) is 10.8.